The number of aryl methyl sites for hydroxylation is 1. The van der Waals surface area contributed by atoms with Gasteiger partial charge in [-0.15, -0.1) is 24.0 Å². The van der Waals surface area contributed by atoms with E-state index in [0.717, 1.165) is 23.1 Å². The number of nitrogens with zero attached hydrogens (tertiary/aromatic N) is 4. The lowest BCUT2D eigenvalue weighted by Gasteiger charge is -2.38. The minimum Gasteiger partial charge on any atom is -0.382 e. The van der Waals surface area contributed by atoms with Crippen LogP contribution >= 0.6 is 35.6 Å². The van der Waals surface area contributed by atoms with Gasteiger partial charge in [0.15, 0.2) is 0 Å². The van der Waals surface area contributed by atoms with Gasteiger partial charge in [-0.2, -0.15) is 5.11 Å². The summed E-state index contributed by atoms with van der Waals surface area (Å²) in [6.07, 6.45) is 3.75. The molecular weight excluding hydrogens is 492 g/mol. The van der Waals surface area contributed by atoms with Gasteiger partial charge in [-0.25, -0.2) is 15.5 Å². The summed E-state index contributed by atoms with van der Waals surface area (Å²) in [6.45, 7) is 4.51. The Morgan fingerprint density at radius 1 is 1.44 bits per heavy atom. The highest BCUT2D eigenvalue weighted by Gasteiger charge is 2.35. The fourth-order valence-electron chi connectivity index (χ4n) is 4.30. The third kappa shape index (κ3) is 4.64. The van der Waals surface area contributed by atoms with E-state index in [4.69, 9.17) is 21.9 Å². The standard InChI is InChI=1S/C23H27ClN6O2S2/c1-23(2,10-32-4)30(3)22(31)12-5-6-13-18(7-12)34-21-19(13)20(26-11-27-21)28-15-9-17(33)16(29-25)8-14(15)24/h8-9,11-12,25,33H,5-7,10H2,1-4H3,(H,26,27,28). The first-order chi connectivity index (χ1) is 16.2. The van der Waals surface area contributed by atoms with Gasteiger partial charge in [0.2, 0.25) is 5.91 Å². The van der Waals surface area contributed by atoms with E-state index >= 15 is 0 Å². The molecule has 34 heavy (non-hydrogen) atoms. The van der Waals surface area contributed by atoms with Crippen LogP contribution in [0.25, 0.3) is 10.2 Å². The normalized spacial score (nSPS) is 15.8. The van der Waals surface area contributed by atoms with Crippen LogP contribution in [0.1, 0.15) is 30.7 Å². The van der Waals surface area contributed by atoms with Crippen molar-refractivity contribution >= 4 is 68.9 Å². The summed E-state index contributed by atoms with van der Waals surface area (Å²) in [5.74, 6) is 0.729. The fraction of sp³-hybridized carbons (Fsp3) is 0.435. The number of methoxy groups -OCH3 is 1. The average Bonchev–Trinajstić information content (AvgIpc) is 3.18. The third-order valence-corrected chi connectivity index (χ3v) is 8.20. The molecule has 0 saturated carbocycles. The van der Waals surface area contributed by atoms with Gasteiger partial charge in [0.1, 0.15) is 17.0 Å². The largest absolute Gasteiger partial charge is 0.382 e. The summed E-state index contributed by atoms with van der Waals surface area (Å²) >= 11 is 12.4. The lowest BCUT2D eigenvalue weighted by Crippen LogP contribution is -2.50. The summed E-state index contributed by atoms with van der Waals surface area (Å²) in [6, 6.07) is 3.33. The number of carbonyl (C=O) groups excluding carboxylic acids is 1. The molecule has 8 nitrogen and oxygen atoms in total. The van der Waals surface area contributed by atoms with Gasteiger partial charge in [0.25, 0.3) is 0 Å². The second kappa shape index (κ2) is 9.77. The Balaban J connectivity index is 1.63. The van der Waals surface area contributed by atoms with Gasteiger partial charge in [-0.1, -0.05) is 11.6 Å². The van der Waals surface area contributed by atoms with Gasteiger partial charge in [-0.3, -0.25) is 4.79 Å². The topological polar surface area (TPSA) is 104 Å². The van der Waals surface area contributed by atoms with Crippen LogP contribution in [-0.2, 0) is 22.4 Å². The van der Waals surface area contributed by atoms with Crippen molar-refractivity contribution in [3.63, 3.8) is 0 Å². The first-order valence-corrected chi connectivity index (χ1v) is 12.5. The molecule has 11 heteroatoms. The number of likely N-dealkylation sites (N-methyl/N-ethyl adjacent to an activating group) is 1. The Labute approximate surface area is 213 Å². The van der Waals surface area contributed by atoms with Crippen LogP contribution in [0.15, 0.2) is 28.5 Å². The molecule has 0 fully saturated rings. The Morgan fingerprint density at radius 3 is 2.91 bits per heavy atom. The minimum atomic E-state index is -0.372. The Hall–Kier alpha value is -2.27. The van der Waals surface area contributed by atoms with E-state index in [-0.39, 0.29) is 17.4 Å². The van der Waals surface area contributed by atoms with E-state index in [2.05, 4.69) is 33.0 Å². The SMILES string of the molecule is COCC(C)(C)N(C)C(=O)C1CCc2c(sc3ncnc(Nc4cc(S)c(N=N)cc4Cl)c23)C1. The zero-order valence-corrected chi connectivity index (χ0v) is 21.9. The number of rotatable bonds is 7. The van der Waals surface area contributed by atoms with E-state index in [1.54, 1.807) is 30.6 Å². The molecule has 1 atom stereocenters. The average molecular weight is 519 g/mol. The quantitative estimate of drug-likeness (QED) is 0.262. The molecule has 0 saturated heterocycles. The third-order valence-electron chi connectivity index (χ3n) is 6.37. The molecule has 0 radical (unpaired) electrons. The number of anilines is 2. The lowest BCUT2D eigenvalue weighted by atomic mass is 9.86. The summed E-state index contributed by atoms with van der Waals surface area (Å²) in [5, 5.41) is 8.14. The Bertz CT molecular complexity index is 1260. The first kappa shape index (κ1) is 24.8. The first-order valence-electron chi connectivity index (χ1n) is 10.8. The zero-order valence-electron chi connectivity index (χ0n) is 19.5. The van der Waals surface area contributed by atoms with Crippen molar-refractivity contribution in [2.75, 3.05) is 26.1 Å². The number of carbonyl (C=O) groups is 1. The van der Waals surface area contributed by atoms with Gasteiger partial charge in [0, 0.05) is 29.8 Å². The highest BCUT2D eigenvalue weighted by atomic mass is 35.5. The van der Waals surface area contributed by atoms with Crippen molar-refractivity contribution in [1.82, 2.24) is 14.9 Å². The molecule has 0 spiro atoms. The summed E-state index contributed by atoms with van der Waals surface area (Å²) < 4.78 is 5.31. The van der Waals surface area contributed by atoms with E-state index in [1.807, 2.05) is 25.8 Å². The van der Waals surface area contributed by atoms with Crippen molar-refractivity contribution in [2.45, 2.75) is 43.5 Å². The molecule has 2 N–H and O–H groups in total. The number of thiophene rings is 1. The zero-order chi connectivity index (χ0) is 24.6. The number of hydrogen-bond donors (Lipinski definition) is 3. The number of thiol groups is 1. The number of fused-ring (bicyclic) bond motifs is 3. The van der Waals surface area contributed by atoms with Crippen molar-refractivity contribution < 1.29 is 9.53 Å². The predicted octanol–water partition coefficient (Wildman–Crippen LogP) is 6.03. The molecule has 1 amide bonds. The number of benzene rings is 1. The van der Waals surface area contributed by atoms with E-state index in [1.165, 1.54) is 16.8 Å². The minimum absolute atomic E-state index is 0.0755. The number of hydrogen-bond acceptors (Lipinski definition) is 9. The van der Waals surface area contributed by atoms with Crippen molar-refractivity contribution in [3.05, 3.63) is 33.9 Å². The van der Waals surface area contributed by atoms with Crippen molar-refractivity contribution in [2.24, 2.45) is 11.0 Å². The maximum absolute atomic E-state index is 13.3. The van der Waals surface area contributed by atoms with Crippen LogP contribution in [0.2, 0.25) is 5.02 Å². The van der Waals surface area contributed by atoms with E-state index in [9.17, 15) is 4.79 Å². The van der Waals surface area contributed by atoms with Gasteiger partial charge >= 0.3 is 0 Å². The van der Waals surface area contributed by atoms with E-state index < -0.39 is 0 Å². The van der Waals surface area contributed by atoms with Crippen molar-refractivity contribution in [1.29, 1.82) is 5.53 Å². The summed E-state index contributed by atoms with van der Waals surface area (Å²) in [5.41, 5.74) is 9.08. The van der Waals surface area contributed by atoms with Crippen LogP contribution in [0.3, 0.4) is 0 Å². The molecular formula is C23H27ClN6O2S2. The molecule has 0 aliphatic heterocycles. The number of halogens is 1. The highest BCUT2D eigenvalue weighted by Crippen LogP contribution is 2.42. The second-order valence-corrected chi connectivity index (χ2v) is 11.0. The number of nitrogens with one attached hydrogen (secondary N) is 2. The molecule has 2 heterocycles. The number of aromatic nitrogens is 2. The molecule has 0 bridgehead atoms. The van der Waals surface area contributed by atoms with Crippen LogP contribution in [0, 0.1) is 11.4 Å². The molecule has 180 valence electrons. The maximum Gasteiger partial charge on any atom is 0.226 e. The second-order valence-electron chi connectivity index (χ2n) is 9.05. The molecule has 4 rings (SSSR count). The van der Waals surface area contributed by atoms with Gasteiger partial charge < -0.3 is 15.0 Å². The number of amides is 1. The fourth-order valence-corrected chi connectivity index (χ4v) is 6.02. The number of ether oxygens (including phenoxy) is 1. The highest BCUT2D eigenvalue weighted by molar-refractivity contribution is 7.80. The molecule has 2 aromatic heterocycles. The Kier molecular flexibility index (Phi) is 7.14. The summed E-state index contributed by atoms with van der Waals surface area (Å²) in [7, 11) is 3.51. The van der Waals surface area contributed by atoms with Gasteiger partial charge in [0.05, 0.1) is 33.9 Å². The van der Waals surface area contributed by atoms with Crippen LogP contribution in [-0.4, -0.2) is 47.1 Å². The van der Waals surface area contributed by atoms with E-state index in [0.29, 0.717) is 40.1 Å². The summed E-state index contributed by atoms with van der Waals surface area (Å²) in [4.78, 5) is 26.6. The molecule has 1 aliphatic carbocycles. The molecule has 1 unspecified atom stereocenters. The monoisotopic (exact) mass is 518 g/mol. The molecule has 1 aliphatic rings. The smallest absolute Gasteiger partial charge is 0.226 e. The lowest BCUT2D eigenvalue weighted by molar-refractivity contribution is -0.141. The van der Waals surface area contributed by atoms with Crippen LogP contribution in [0.4, 0.5) is 17.2 Å². The molecule has 3 aromatic rings. The molecule has 1 aromatic carbocycles. The van der Waals surface area contributed by atoms with Crippen molar-refractivity contribution in [3.8, 4) is 0 Å². The van der Waals surface area contributed by atoms with Crippen LogP contribution < -0.4 is 5.32 Å². The Morgan fingerprint density at radius 2 is 2.21 bits per heavy atom. The maximum atomic E-state index is 13.3. The van der Waals surface area contributed by atoms with Gasteiger partial charge in [-0.05, 0) is 50.8 Å². The predicted molar refractivity (Wildman–Crippen MR) is 138 cm³/mol. The van der Waals surface area contributed by atoms with Crippen LogP contribution in [0.5, 0.6) is 0 Å².